The molecule has 0 aliphatic carbocycles. The number of aliphatic hydroxyl groups is 1. The van der Waals surface area contributed by atoms with Gasteiger partial charge in [-0.15, -0.1) is 0 Å². The molecule has 0 aliphatic rings. The molecule has 1 rings (SSSR count). The summed E-state index contributed by atoms with van der Waals surface area (Å²) in [6.07, 6.45) is 0.397. The van der Waals surface area contributed by atoms with Crippen LogP contribution in [0.25, 0.3) is 0 Å². The number of sulfonamides is 1. The summed E-state index contributed by atoms with van der Waals surface area (Å²) in [5, 5.41) is 19.9. The number of nitro benzene ring substituents is 1. The van der Waals surface area contributed by atoms with Gasteiger partial charge in [0.1, 0.15) is 0 Å². The zero-order valence-corrected chi connectivity index (χ0v) is 11.9. The summed E-state index contributed by atoms with van der Waals surface area (Å²) < 4.78 is 31.2. The fraction of sp³-hybridized carbons (Fsp3) is 0.455. The fourth-order valence-corrected chi connectivity index (χ4v) is 2.85. The fourth-order valence-electron chi connectivity index (χ4n) is 1.52. The largest absolute Gasteiger partial charge is 0.490 e. The second kappa shape index (κ2) is 6.64. The van der Waals surface area contributed by atoms with Gasteiger partial charge in [-0.1, -0.05) is 6.92 Å². The molecule has 0 aliphatic heterocycles. The van der Waals surface area contributed by atoms with Gasteiger partial charge in [0.05, 0.1) is 23.5 Å². The van der Waals surface area contributed by atoms with Crippen LogP contribution in [0.4, 0.5) is 5.69 Å². The Kier molecular flexibility index (Phi) is 5.43. The molecule has 0 saturated carbocycles. The van der Waals surface area contributed by atoms with E-state index < -0.39 is 26.7 Å². The average molecular weight is 304 g/mol. The Hall–Kier alpha value is -1.71. The van der Waals surface area contributed by atoms with E-state index in [4.69, 9.17) is 9.84 Å². The zero-order valence-electron chi connectivity index (χ0n) is 11.1. The number of methoxy groups -OCH3 is 1. The Morgan fingerprint density at radius 3 is 2.60 bits per heavy atom. The number of nitrogens with one attached hydrogen (secondary N) is 1. The Balaban J connectivity index is 3.19. The van der Waals surface area contributed by atoms with Crippen LogP contribution in [-0.2, 0) is 10.0 Å². The average Bonchev–Trinajstić information content (AvgIpc) is 2.43. The minimum atomic E-state index is -3.93. The third kappa shape index (κ3) is 3.65. The molecule has 1 aromatic carbocycles. The highest BCUT2D eigenvalue weighted by Crippen LogP contribution is 2.29. The van der Waals surface area contributed by atoms with Gasteiger partial charge < -0.3 is 9.84 Å². The predicted molar refractivity (Wildman–Crippen MR) is 71.1 cm³/mol. The molecule has 0 amide bonds. The molecule has 0 radical (unpaired) electrons. The first-order valence-corrected chi connectivity index (χ1v) is 7.29. The number of ether oxygens (including phenoxy) is 1. The van der Waals surface area contributed by atoms with E-state index in [1.807, 2.05) is 0 Å². The van der Waals surface area contributed by atoms with Gasteiger partial charge in [-0.3, -0.25) is 10.1 Å². The molecule has 112 valence electrons. The molecule has 1 atom stereocenters. The summed E-state index contributed by atoms with van der Waals surface area (Å²) in [5.74, 6) is -0.0249. The summed E-state index contributed by atoms with van der Waals surface area (Å²) in [6.45, 7) is 1.36. The molecule has 0 saturated heterocycles. The maximum atomic E-state index is 12.0. The van der Waals surface area contributed by atoms with Crippen molar-refractivity contribution >= 4 is 15.7 Å². The quantitative estimate of drug-likeness (QED) is 0.564. The molecule has 20 heavy (non-hydrogen) atoms. The van der Waals surface area contributed by atoms with Crippen LogP contribution in [-0.4, -0.2) is 38.2 Å². The van der Waals surface area contributed by atoms with Crippen molar-refractivity contribution in [1.82, 2.24) is 4.72 Å². The van der Waals surface area contributed by atoms with Gasteiger partial charge in [0.25, 0.3) is 0 Å². The number of hydrogen-bond acceptors (Lipinski definition) is 6. The molecule has 0 aromatic heterocycles. The molecule has 0 heterocycles. The molecule has 0 bridgehead atoms. The smallest absolute Gasteiger partial charge is 0.312 e. The van der Waals surface area contributed by atoms with Crippen molar-refractivity contribution in [3.05, 3.63) is 28.3 Å². The Labute approximate surface area is 116 Å². The highest BCUT2D eigenvalue weighted by molar-refractivity contribution is 7.89. The van der Waals surface area contributed by atoms with Crippen molar-refractivity contribution in [2.75, 3.05) is 13.7 Å². The van der Waals surface area contributed by atoms with E-state index in [0.717, 1.165) is 6.07 Å². The lowest BCUT2D eigenvalue weighted by molar-refractivity contribution is -0.386. The van der Waals surface area contributed by atoms with Crippen LogP contribution in [0.1, 0.15) is 13.3 Å². The number of nitro groups is 1. The third-order valence-corrected chi connectivity index (χ3v) is 4.21. The molecule has 0 unspecified atom stereocenters. The molecular weight excluding hydrogens is 288 g/mol. The Morgan fingerprint density at radius 1 is 1.50 bits per heavy atom. The maximum absolute atomic E-state index is 12.0. The van der Waals surface area contributed by atoms with Crippen LogP contribution in [0.15, 0.2) is 23.1 Å². The molecular formula is C11H16N2O6S. The van der Waals surface area contributed by atoms with Crippen LogP contribution in [0.2, 0.25) is 0 Å². The summed E-state index contributed by atoms with van der Waals surface area (Å²) in [7, 11) is -2.68. The van der Waals surface area contributed by atoms with Crippen LogP contribution in [0.3, 0.4) is 0 Å². The molecule has 1 aromatic rings. The second-order valence-corrected chi connectivity index (χ2v) is 5.71. The highest BCUT2D eigenvalue weighted by Gasteiger charge is 2.23. The van der Waals surface area contributed by atoms with Gasteiger partial charge in [-0.2, -0.15) is 0 Å². The molecule has 2 N–H and O–H groups in total. The van der Waals surface area contributed by atoms with E-state index in [1.165, 1.54) is 19.2 Å². The van der Waals surface area contributed by atoms with E-state index in [0.29, 0.717) is 6.42 Å². The SMILES string of the molecule is CC[C@H](CO)NS(=O)(=O)c1ccc(OC)c([N+](=O)[O-])c1. The monoisotopic (exact) mass is 304 g/mol. The van der Waals surface area contributed by atoms with Crippen LogP contribution in [0.5, 0.6) is 5.75 Å². The Bertz CT molecular complexity index is 583. The third-order valence-electron chi connectivity index (χ3n) is 2.69. The van der Waals surface area contributed by atoms with Crippen molar-refractivity contribution < 1.29 is 23.2 Å². The Morgan fingerprint density at radius 2 is 2.15 bits per heavy atom. The summed E-state index contributed by atoms with van der Waals surface area (Å²) in [6, 6.07) is 2.71. The van der Waals surface area contributed by atoms with Gasteiger partial charge in [0.15, 0.2) is 5.75 Å². The topological polar surface area (TPSA) is 119 Å². The van der Waals surface area contributed by atoms with Crippen molar-refractivity contribution in [3.63, 3.8) is 0 Å². The van der Waals surface area contributed by atoms with Crippen molar-refractivity contribution in [1.29, 1.82) is 0 Å². The van der Waals surface area contributed by atoms with Crippen molar-refractivity contribution in [2.24, 2.45) is 0 Å². The lowest BCUT2D eigenvalue weighted by atomic mass is 10.3. The zero-order chi connectivity index (χ0) is 15.3. The van der Waals surface area contributed by atoms with Gasteiger partial charge >= 0.3 is 5.69 Å². The number of nitrogens with zero attached hydrogens (tertiary/aromatic N) is 1. The van der Waals surface area contributed by atoms with Gasteiger partial charge in [-0.05, 0) is 18.6 Å². The van der Waals surface area contributed by atoms with E-state index in [-0.39, 0.29) is 17.3 Å². The molecule has 8 nitrogen and oxygen atoms in total. The van der Waals surface area contributed by atoms with Gasteiger partial charge in [-0.25, -0.2) is 13.1 Å². The standard InChI is InChI=1S/C11H16N2O6S/c1-3-8(7-14)12-20(17,18)9-4-5-11(19-2)10(6-9)13(15)16/h4-6,8,12,14H,3,7H2,1-2H3/t8-/m1/s1. The number of rotatable bonds is 7. The number of benzene rings is 1. The normalized spacial score (nSPS) is 12.9. The van der Waals surface area contributed by atoms with Gasteiger partial charge in [0, 0.05) is 12.1 Å². The first-order valence-electron chi connectivity index (χ1n) is 5.81. The molecule has 0 spiro atoms. The van der Waals surface area contributed by atoms with E-state index in [1.54, 1.807) is 6.92 Å². The van der Waals surface area contributed by atoms with Crippen LogP contribution in [0, 0.1) is 10.1 Å². The van der Waals surface area contributed by atoms with Crippen molar-refractivity contribution in [3.8, 4) is 5.75 Å². The predicted octanol–water partition coefficient (Wildman–Crippen LogP) is 0.653. The molecule has 0 fully saturated rings. The minimum Gasteiger partial charge on any atom is -0.490 e. The number of aliphatic hydroxyl groups excluding tert-OH is 1. The minimum absolute atomic E-state index is 0.0249. The summed E-state index contributed by atoms with van der Waals surface area (Å²) in [4.78, 5) is 9.89. The maximum Gasteiger partial charge on any atom is 0.312 e. The number of hydrogen-bond donors (Lipinski definition) is 2. The van der Waals surface area contributed by atoms with E-state index in [2.05, 4.69) is 4.72 Å². The molecule has 9 heteroatoms. The van der Waals surface area contributed by atoms with Gasteiger partial charge in [0.2, 0.25) is 10.0 Å². The van der Waals surface area contributed by atoms with Crippen LogP contribution < -0.4 is 9.46 Å². The first-order chi connectivity index (χ1) is 9.35. The summed E-state index contributed by atoms with van der Waals surface area (Å²) >= 11 is 0. The van der Waals surface area contributed by atoms with Crippen LogP contribution >= 0.6 is 0 Å². The second-order valence-electron chi connectivity index (χ2n) is 4.00. The van der Waals surface area contributed by atoms with E-state index >= 15 is 0 Å². The lowest BCUT2D eigenvalue weighted by Gasteiger charge is -2.14. The highest BCUT2D eigenvalue weighted by atomic mass is 32.2. The first kappa shape index (κ1) is 16.3. The lowest BCUT2D eigenvalue weighted by Crippen LogP contribution is -2.36. The summed E-state index contributed by atoms with van der Waals surface area (Å²) in [5.41, 5.74) is -0.438. The van der Waals surface area contributed by atoms with Crippen molar-refractivity contribution in [2.45, 2.75) is 24.3 Å². The van der Waals surface area contributed by atoms with E-state index in [9.17, 15) is 18.5 Å².